The van der Waals surface area contributed by atoms with Crippen molar-refractivity contribution in [1.29, 1.82) is 0 Å². The van der Waals surface area contributed by atoms with Crippen molar-refractivity contribution in [3.63, 3.8) is 0 Å². The predicted molar refractivity (Wildman–Crippen MR) is 78.5 cm³/mol. The maximum atomic E-state index is 11.7. The molecule has 1 aromatic carbocycles. The van der Waals surface area contributed by atoms with Crippen molar-refractivity contribution in [3.05, 3.63) is 29.3 Å². The molecule has 1 rings (SSSR count). The molecule has 9 heteroatoms. The normalized spacial score (nSPS) is 14.6. The number of benzene rings is 1. The molecule has 0 aliphatic heterocycles. The summed E-state index contributed by atoms with van der Waals surface area (Å²) in [6.45, 7) is 3.03. The van der Waals surface area contributed by atoms with E-state index in [0.717, 1.165) is 0 Å². The number of hydrogen-bond donors (Lipinski definition) is 2. The van der Waals surface area contributed by atoms with E-state index in [0.29, 0.717) is 5.02 Å². The van der Waals surface area contributed by atoms with Gasteiger partial charge >= 0.3 is 13.6 Å². The minimum absolute atomic E-state index is 0.272. The standard InChI is InChI=1S/C12H15Cl2O6P/c1-7(2)12(21(16,17)18)20-11(15)10(14)19-9-5-3-8(13)4-6-9/h3-7,10,12H,1-2H3,(H2,16,17,18). The van der Waals surface area contributed by atoms with E-state index in [-0.39, 0.29) is 5.75 Å². The summed E-state index contributed by atoms with van der Waals surface area (Å²) in [6.07, 6.45) is 0. The molecule has 2 atom stereocenters. The van der Waals surface area contributed by atoms with Crippen LogP contribution in [0.25, 0.3) is 0 Å². The maximum Gasteiger partial charge on any atom is 0.366 e. The summed E-state index contributed by atoms with van der Waals surface area (Å²) in [4.78, 5) is 30.0. The smallest absolute Gasteiger partial charge is 0.366 e. The van der Waals surface area contributed by atoms with Crippen LogP contribution >= 0.6 is 30.8 Å². The monoisotopic (exact) mass is 356 g/mol. The molecule has 0 aromatic heterocycles. The van der Waals surface area contributed by atoms with Crippen LogP contribution in [0.3, 0.4) is 0 Å². The van der Waals surface area contributed by atoms with E-state index in [2.05, 4.69) is 0 Å². The van der Waals surface area contributed by atoms with Crippen LogP contribution in [0.1, 0.15) is 13.8 Å². The highest BCUT2D eigenvalue weighted by Crippen LogP contribution is 2.45. The zero-order chi connectivity index (χ0) is 16.2. The molecule has 21 heavy (non-hydrogen) atoms. The Hall–Kier alpha value is -0.780. The van der Waals surface area contributed by atoms with Crippen molar-refractivity contribution in [3.8, 4) is 5.75 Å². The van der Waals surface area contributed by atoms with E-state index in [1.54, 1.807) is 12.1 Å². The van der Waals surface area contributed by atoms with Crippen LogP contribution in [-0.4, -0.2) is 27.2 Å². The fourth-order valence-corrected chi connectivity index (χ4v) is 2.74. The molecule has 0 spiro atoms. The number of hydrogen-bond acceptors (Lipinski definition) is 4. The van der Waals surface area contributed by atoms with Gasteiger partial charge in [0, 0.05) is 10.9 Å². The summed E-state index contributed by atoms with van der Waals surface area (Å²) in [5.41, 5.74) is -1.53. The second-order valence-electron chi connectivity index (χ2n) is 4.55. The van der Waals surface area contributed by atoms with Crippen LogP contribution in [0.15, 0.2) is 24.3 Å². The average molecular weight is 357 g/mol. The summed E-state index contributed by atoms with van der Waals surface area (Å²) in [5.74, 6) is -2.95. The van der Waals surface area contributed by atoms with Gasteiger partial charge < -0.3 is 19.3 Å². The molecule has 2 N–H and O–H groups in total. The van der Waals surface area contributed by atoms with Crippen LogP contribution < -0.4 is 4.74 Å². The highest BCUT2D eigenvalue weighted by molar-refractivity contribution is 7.52. The molecule has 6 nitrogen and oxygen atoms in total. The first kappa shape index (κ1) is 18.3. The first-order valence-electron chi connectivity index (χ1n) is 5.93. The van der Waals surface area contributed by atoms with Gasteiger partial charge in [0.1, 0.15) is 5.75 Å². The van der Waals surface area contributed by atoms with Crippen LogP contribution in [-0.2, 0) is 14.1 Å². The Bertz CT molecular complexity index is 527. The summed E-state index contributed by atoms with van der Waals surface area (Å²) in [6, 6.07) is 6.07. The molecule has 0 radical (unpaired) electrons. The molecule has 0 aliphatic rings. The van der Waals surface area contributed by atoms with Gasteiger partial charge in [-0.1, -0.05) is 37.0 Å². The number of rotatable bonds is 6. The minimum atomic E-state index is -4.59. The molecule has 0 aliphatic carbocycles. The lowest BCUT2D eigenvalue weighted by atomic mass is 10.2. The van der Waals surface area contributed by atoms with Gasteiger partial charge in [-0.05, 0) is 24.3 Å². The Balaban J connectivity index is 2.69. The second kappa shape index (κ2) is 7.47. The summed E-state index contributed by atoms with van der Waals surface area (Å²) in [7, 11) is -4.59. The minimum Gasteiger partial charge on any atom is -0.463 e. The molecule has 0 heterocycles. The Morgan fingerprint density at radius 1 is 1.24 bits per heavy atom. The Kier molecular flexibility index (Phi) is 6.50. The highest BCUT2D eigenvalue weighted by Gasteiger charge is 2.37. The predicted octanol–water partition coefficient (Wildman–Crippen LogP) is 2.99. The lowest BCUT2D eigenvalue weighted by molar-refractivity contribution is -0.152. The second-order valence-corrected chi connectivity index (χ2v) is 7.07. The van der Waals surface area contributed by atoms with Gasteiger partial charge in [-0.3, -0.25) is 4.57 Å². The molecule has 2 unspecified atom stereocenters. The maximum absolute atomic E-state index is 11.7. The van der Waals surface area contributed by atoms with Gasteiger partial charge in [-0.2, -0.15) is 0 Å². The lowest BCUT2D eigenvalue weighted by Crippen LogP contribution is -2.31. The molecule has 1 aromatic rings. The van der Waals surface area contributed by atoms with Crippen molar-refractivity contribution < 1.29 is 28.6 Å². The van der Waals surface area contributed by atoms with Gasteiger partial charge in [0.2, 0.25) is 5.85 Å². The van der Waals surface area contributed by atoms with Crippen molar-refractivity contribution in [1.82, 2.24) is 0 Å². The first-order chi connectivity index (χ1) is 9.61. The van der Waals surface area contributed by atoms with E-state index in [1.165, 1.54) is 26.0 Å². The molecule has 0 fully saturated rings. The summed E-state index contributed by atoms with van der Waals surface area (Å²) < 4.78 is 21.1. The Labute approximate surface area is 132 Å². The van der Waals surface area contributed by atoms with Crippen LogP contribution in [0, 0.1) is 5.92 Å². The molecular weight excluding hydrogens is 342 g/mol. The Morgan fingerprint density at radius 2 is 1.76 bits per heavy atom. The lowest BCUT2D eigenvalue weighted by Gasteiger charge is -2.23. The number of carbonyl (C=O) groups excluding carboxylic acids is 1. The number of halogens is 2. The molecule has 0 saturated carbocycles. The number of alkyl halides is 1. The zero-order valence-electron chi connectivity index (χ0n) is 11.3. The van der Waals surface area contributed by atoms with Gasteiger partial charge in [-0.25, -0.2) is 4.79 Å². The van der Waals surface area contributed by atoms with E-state index < -0.39 is 30.9 Å². The molecule has 118 valence electrons. The molecular formula is C12H15Cl2O6P. The summed E-state index contributed by atoms with van der Waals surface area (Å²) in [5, 5.41) is 0.484. The van der Waals surface area contributed by atoms with Crippen molar-refractivity contribution in [2.75, 3.05) is 0 Å². The van der Waals surface area contributed by atoms with Crippen molar-refractivity contribution in [2.45, 2.75) is 25.3 Å². The fraction of sp³-hybridized carbons (Fsp3) is 0.417. The average Bonchev–Trinajstić information content (AvgIpc) is 2.36. The quantitative estimate of drug-likeness (QED) is 0.462. The van der Waals surface area contributed by atoms with E-state index in [1.807, 2.05) is 0 Å². The first-order valence-corrected chi connectivity index (χ1v) is 8.43. The van der Waals surface area contributed by atoms with Crippen molar-refractivity contribution >= 4 is 36.8 Å². The van der Waals surface area contributed by atoms with Gasteiger partial charge in [0.15, 0.2) is 0 Å². The summed E-state index contributed by atoms with van der Waals surface area (Å²) >= 11 is 11.4. The van der Waals surface area contributed by atoms with E-state index >= 15 is 0 Å². The topological polar surface area (TPSA) is 93.1 Å². The zero-order valence-corrected chi connectivity index (χ0v) is 13.7. The SMILES string of the molecule is CC(C)C(OC(=O)C(Cl)Oc1ccc(Cl)cc1)P(=O)(O)O. The van der Waals surface area contributed by atoms with Gasteiger partial charge in [0.05, 0.1) is 0 Å². The third-order valence-corrected chi connectivity index (χ3v) is 4.26. The van der Waals surface area contributed by atoms with Crippen LogP contribution in [0.2, 0.25) is 5.02 Å². The molecule has 0 amide bonds. The van der Waals surface area contributed by atoms with Crippen LogP contribution in [0.5, 0.6) is 5.75 Å². The largest absolute Gasteiger partial charge is 0.463 e. The fourth-order valence-electron chi connectivity index (χ4n) is 1.45. The van der Waals surface area contributed by atoms with E-state index in [4.69, 9.17) is 42.5 Å². The number of carbonyl (C=O) groups is 1. The van der Waals surface area contributed by atoms with Crippen LogP contribution in [0.4, 0.5) is 0 Å². The third-order valence-electron chi connectivity index (χ3n) is 2.38. The molecule has 0 saturated heterocycles. The van der Waals surface area contributed by atoms with Gasteiger partial charge in [0.25, 0.3) is 5.56 Å². The van der Waals surface area contributed by atoms with Gasteiger partial charge in [-0.15, -0.1) is 0 Å². The molecule has 0 bridgehead atoms. The highest BCUT2D eigenvalue weighted by atomic mass is 35.5. The Morgan fingerprint density at radius 3 is 2.19 bits per heavy atom. The number of ether oxygens (including phenoxy) is 2. The third kappa shape index (κ3) is 5.85. The number of esters is 1. The van der Waals surface area contributed by atoms with Crippen molar-refractivity contribution in [2.24, 2.45) is 5.92 Å². The van der Waals surface area contributed by atoms with E-state index in [9.17, 15) is 9.36 Å².